The molecule has 1 saturated heterocycles. The zero-order valence-corrected chi connectivity index (χ0v) is 14.4. The van der Waals surface area contributed by atoms with E-state index in [1.165, 1.54) is 0 Å². The average molecular weight is 314 g/mol. The molecule has 0 spiro atoms. The van der Waals surface area contributed by atoms with Gasteiger partial charge < -0.3 is 20.1 Å². The molecule has 1 rings (SSSR count). The van der Waals surface area contributed by atoms with Gasteiger partial charge in [0.15, 0.2) is 0 Å². The van der Waals surface area contributed by atoms with Crippen molar-refractivity contribution in [2.75, 3.05) is 19.6 Å². The number of nitrogens with one attached hydrogen (secondary N) is 1. The van der Waals surface area contributed by atoms with Crippen LogP contribution in [0.1, 0.15) is 47.5 Å². The topological polar surface area (TPSA) is 78.9 Å². The number of rotatable bonds is 4. The number of amides is 2. The van der Waals surface area contributed by atoms with E-state index in [-0.39, 0.29) is 17.9 Å². The monoisotopic (exact) mass is 314 g/mol. The second-order valence-electron chi connectivity index (χ2n) is 7.34. The molecule has 22 heavy (non-hydrogen) atoms. The second kappa shape index (κ2) is 7.81. The zero-order valence-electron chi connectivity index (χ0n) is 14.4. The summed E-state index contributed by atoms with van der Waals surface area (Å²) in [6, 6.07) is 0. The van der Waals surface area contributed by atoms with Crippen LogP contribution in [0.4, 0.5) is 4.79 Å². The molecule has 1 unspecified atom stereocenters. The van der Waals surface area contributed by atoms with Gasteiger partial charge in [0.2, 0.25) is 5.91 Å². The Hall–Kier alpha value is -1.30. The predicted octanol–water partition coefficient (Wildman–Crippen LogP) is 1.77. The van der Waals surface area contributed by atoms with Gasteiger partial charge in [-0.05, 0) is 45.4 Å². The van der Waals surface area contributed by atoms with E-state index in [0.29, 0.717) is 25.6 Å². The van der Waals surface area contributed by atoms with Crippen molar-refractivity contribution in [1.29, 1.82) is 0 Å². The van der Waals surface area contributed by atoms with Gasteiger partial charge in [-0.25, -0.2) is 4.79 Å². The molecule has 0 saturated carbocycles. The van der Waals surface area contributed by atoms with Crippen LogP contribution in [-0.4, -0.2) is 53.3 Å². The number of nitrogens with zero attached hydrogens (tertiary/aromatic N) is 1. The first kappa shape index (κ1) is 18.7. The lowest BCUT2D eigenvalue weighted by Crippen LogP contribution is -2.45. The first-order valence-electron chi connectivity index (χ1n) is 8.04. The Balaban J connectivity index is 2.31. The highest BCUT2D eigenvalue weighted by Crippen LogP contribution is 2.19. The normalized spacial score (nSPS) is 18.2. The van der Waals surface area contributed by atoms with E-state index in [0.717, 1.165) is 12.8 Å². The fraction of sp³-hybridized carbons (Fsp3) is 0.875. The van der Waals surface area contributed by atoms with Gasteiger partial charge in [-0.1, -0.05) is 13.8 Å². The molecule has 0 aromatic heterocycles. The Morgan fingerprint density at radius 2 is 1.82 bits per heavy atom. The molecular weight excluding hydrogens is 284 g/mol. The maximum absolute atomic E-state index is 12.0. The van der Waals surface area contributed by atoms with Gasteiger partial charge in [-0.3, -0.25) is 4.79 Å². The summed E-state index contributed by atoms with van der Waals surface area (Å²) in [5.74, 6) is -0.0689. The third-order valence-electron chi connectivity index (χ3n) is 3.73. The van der Waals surface area contributed by atoms with Gasteiger partial charge in [0, 0.05) is 19.6 Å². The first-order chi connectivity index (χ1) is 10.1. The van der Waals surface area contributed by atoms with Crippen LogP contribution in [0.3, 0.4) is 0 Å². The molecule has 6 heteroatoms. The van der Waals surface area contributed by atoms with E-state index in [2.05, 4.69) is 5.32 Å². The summed E-state index contributed by atoms with van der Waals surface area (Å²) in [5.41, 5.74) is -0.477. The van der Waals surface area contributed by atoms with Gasteiger partial charge in [0.25, 0.3) is 0 Å². The van der Waals surface area contributed by atoms with Crippen molar-refractivity contribution in [1.82, 2.24) is 10.2 Å². The van der Waals surface area contributed by atoms with Gasteiger partial charge in [-0.15, -0.1) is 0 Å². The summed E-state index contributed by atoms with van der Waals surface area (Å²) >= 11 is 0. The molecule has 1 aliphatic heterocycles. The molecule has 1 aliphatic rings. The molecule has 2 amide bonds. The standard InChI is InChI=1S/C16H30N2O4/c1-11(2)13(19)14(20)17-10-12-6-8-18(9-7-12)15(21)22-16(3,4)5/h11-13,19H,6-10H2,1-5H3,(H,17,20). The van der Waals surface area contributed by atoms with Crippen molar-refractivity contribution in [2.24, 2.45) is 11.8 Å². The van der Waals surface area contributed by atoms with Gasteiger partial charge in [-0.2, -0.15) is 0 Å². The first-order valence-corrected chi connectivity index (χ1v) is 8.04. The van der Waals surface area contributed by atoms with Crippen molar-refractivity contribution in [3.05, 3.63) is 0 Å². The number of aliphatic hydroxyl groups excluding tert-OH is 1. The van der Waals surface area contributed by atoms with Gasteiger partial charge in [0.05, 0.1) is 0 Å². The van der Waals surface area contributed by atoms with Gasteiger partial charge >= 0.3 is 6.09 Å². The van der Waals surface area contributed by atoms with Crippen LogP contribution < -0.4 is 5.32 Å². The second-order valence-corrected chi connectivity index (χ2v) is 7.34. The van der Waals surface area contributed by atoms with Crippen LogP contribution in [0.25, 0.3) is 0 Å². The molecule has 2 N–H and O–H groups in total. The zero-order chi connectivity index (χ0) is 16.9. The van der Waals surface area contributed by atoms with E-state index in [1.54, 1.807) is 4.90 Å². The summed E-state index contributed by atoms with van der Waals surface area (Å²) in [5, 5.41) is 12.5. The van der Waals surface area contributed by atoms with Crippen LogP contribution in [0.5, 0.6) is 0 Å². The van der Waals surface area contributed by atoms with Crippen molar-refractivity contribution >= 4 is 12.0 Å². The Bertz CT molecular complexity index is 382. The van der Waals surface area contributed by atoms with Crippen LogP contribution in [0.15, 0.2) is 0 Å². The van der Waals surface area contributed by atoms with Gasteiger partial charge in [0.1, 0.15) is 11.7 Å². The lowest BCUT2D eigenvalue weighted by Gasteiger charge is -2.33. The summed E-state index contributed by atoms with van der Waals surface area (Å²) in [6.45, 7) is 11.0. The largest absolute Gasteiger partial charge is 0.444 e. The van der Waals surface area contributed by atoms with Crippen LogP contribution in [0.2, 0.25) is 0 Å². The number of ether oxygens (including phenoxy) is 1. The Labute approximate surface area is 133 Å². The fourth-order valence-electron chi connectivity index (χ4n) is 2.30. The summed E-state index contributed by atoms with van der Waals surface area (Å²) in [7, 11) is 0. The lowest BCUT2D eigenvalue weighted by molar-refractivity contribution is -0.131. The van der Waals surface area contributed by atoms with E-state index in [4.69, 9.17) is 4.74 Å². The average Bonchev–Trinajstić information content (AvgIpc) is 2.42. The predicted molar refractivity (Wildman–Crippen MR) is 84.4 cm³/mol. The van der Waals surface area contributed by atoms with Crippen LogP contribution in [0, 0.1) is 11.8 Å². The Kier molecular flexibility index (Phi) is 6.66. The number of aliphatic hydroxyl groups is 1. The fourth-order valence-corrected chi connectivity index (χ4v) is 2.30. The SMILES string of the molecule is CC(C)C(O)C(=O)NCC1CCN(C(=O)OC(C)(C)C)CC1. The molecule has 6 nitrogen and oxygen atoms in total. The van der Waals surface area contributed by atoms with Crippen molar-refractivity contribution in [3.63, 3.8) is 0 Å². The minimum Gasteiger partial charge on any atom is -0.444 e. The number of hydrogen-bond acceptors (Lipinski definition) is 4. The molecular formula is C16H30N2O4. The van der Waals surface area contributed by atoms with Crippen molar-refractivity contribution < 1.29 is 19.4 Å². The third kappa shape index (κ3) is 6.22. The summed E-state index contributed by atoms with van der Waals surface area (Å²) in [6.07, 6.45) is 0.432. The Morgan fingerprint density at radius 1 is 1.27 bits per heavy atom. The molecule has 1 heterocycles. The highest BCUT2D eigenvalue weighted by molar-refractivity contribution is 5.80. The number of likely N-dealkylation sites (tertiary alicyclic amines) is 1. The molecule has 1 atom stereocenters. The molecule has 1 fully saturated rings. The van der Waals surface area contributed by atoms with Crippen LogP contribution >= 0.6 is 0 Å². The summed E-state index contributed by atoms with van der Waals surface area (Å²) in [4.78, 5) is 25.4. The number of carbonyl (C=O) groups excluding carboxylic acids is 2. The Morgan fingerprint density at radius 3 is 2.27 bits per heavy atom. The third-order valence-corrected chi connectivity index (χ3v) is 3.73. The smallest absolute Gasteiger partial charge is 0.410 e. The number of carbonyl (C=O) groups is 2. The summed E-state index contributed by atoms with van der Waals surface area (Å²) < 4.78 is 5.35. The maximum atomic E-state index is 12.0. The van der Waals surface area contributed by atoms with E-state index in [1.807, 2.05) is 34.6 Å². The lowest BCUT2D eigenvalue weighted by atomic mass is 9.96. The van der Waals surface area contributed by atoms with E-state index < -0.39 is 11.7 Å². The molecule has 0 bridgehead atoms. The highest BCUT2D eigenvalue weighted by atomic mass is 16.6. The molecule has 0 radical (unpaired) electrons. The highest BCUT2D eigenvalue weighted by Gasteiger charge is 2.27. The molecule has 128 valence electrons. The minimum absolute atomic E-state index is 0.0889. The minimum atomic E-state index is -0.957. The van der Waals surface area contributed by atoms with Crippen molar-refractivity contribution in [2.45, 2.75) is 59.2 Å². The number of piperidine rings is 1. The van der Waals surface area contributed by atoms with E-state index in [9.17, 15) is 14.7 Å². The van der Waals surface area contributed by atoms with E-state index >= 15 is 0 Å². The quantitative estimate of drug-likeness (QED) is 0.829. The molecule has 0 aromatic rings. The van der Waals surface area contributed by atoms with Crippen molar-refractivity contribution in [3.8, 4) is 0 Å². The number of hydrogen-bond donors (Lipinski definition) is 2. The van der Waals surface area contributed by atoms with Crippen LogP contribution in [-0.2, 0) is 9.53 Å². The molecule has 0 aromatic carbocycles. The maximum Gasteiger partial charge on any atom is 0.410 e. The molecule has 0 aliphatic carbocycles.